The van der Waals surface area contributed by atoms with Crippen LogP contribution in [0.15, 0.2) is 60.7 Å². The average molecular weight is 482 g/mol. The molecule has 0 fully saturated rings. The van der Waals surface area contributed by atoms with Crippen LogP contribution in [0.3, 0.4) is 0 Å². The molecule has 3 amide bonds. The van der Waals surface area contributed by atoms with Crippen LogP contribution in [0.25, 0.3) is 5.69 Å². The van der Waals surface area contributed by atoms with E-state index in [1.165, 1.54) is 4.90 Å². The number of nitrogens with one attached hydrogen (secondary N) is 2. The molecular weight excluding hydrogens is 450 g/mol. The quantitative estimate of drug-likeness (QED) is 0.453. The second-order valence-corrected chi connectivity index (χ2v) is 9.60. The summed E-state index contributed by atoms with van der Waals surface area (Å²) in [6, 6.07) is 18.5. The molecule has 0 radical (unpaired) electrons. The number of nitrogens with zero attached hydrogens (tertiary/aromatic N) is 3. The van der Waals surface area contributed by atoms with Crippen LogP contribution in [0.1, 0.15) is 45.4 Å². The zero-order chi connectivity index (χ0) is 24.7. The SMILES string of the molecule is CCCN(CC(=O)Nc1cc(C(C)(C)C)nn1-c1ccc(Cl)cc1)C(=O)NCc1ccccc1. The predicted octanol–water partition coefficient (Wildman–Crippen LogP) is 5.38. The number of carbonyl (C=O) groups excluding carboxylic acids is 2. The number of rotatable bonds is 8. The molecule has 8 heteroatoms. The number of aromatic nitrogens is 2. The highest BCUT2D eigenvalue weighted by molar-refractivity contribution is 6.30. The van der Waals surface area contributed by atoms with Crippen molar-refractivity contribution in [3.63, 3.8) is 0 Å². The Bertz CT molecular complexity index is 1100. The van der Waals surface area contributed by atoms with E-state index in [1.54, 1.807) is 16.8 Å². The van der Waals surface area contributed by atoms with Gasteiger partial charge in [0, 0.05) is 29.6 Å². The van der Waals surface area contributed by atoms with Gasteiger partial charge in [-0.25, -0.2) is 9.48 Å². The number of hydrogen-bond acceptors (Lipinski definition) is 3. The molecule has 0 unspecified atom stereocenters. The van der Waals surface area contributed by atoms with Crippen molar-refractivity contribution in [3.05, 3.63) is 76.9 Å². The molecule has 0 aliphatic carbocycles. The summed E-state index contributed by atoms with van der Waals surface area (Å²) < 4.78 is 1.69. The third kappa shape index (κ3) is 6.84. The number of carbonyl (C=O) groups is 2. The molecule has 7 nitrogen and oxygen atoms in total. The Balaban J connectivity index is 1.74. The van der Waals surface area contributed by atoms with Crippen LogP contribution in [0, 0.1) is 0 Å². The number of urea groups is 1. The third-order valence-corrected chi connectivity index (χ3v) is 5.47. The van der Waals surface area contributed by atoms with Gasteiger partial charge in [-0.2, -0.15) is 5.10 Å². The molecular formula is C26H32ClN5O2. The molecule has 34 heavy (non-hydrogen) atoms. The standard InChI is InChI=1S/C26H32ClN5O2/c1-5-15-31(25(34)28-17-19-9-7-6-8-10-19)18-24(33)29-23-16-22(26(2,3)4)30-32(23)21-13-11-20(27)12-14-21/h6-14,16H,5,15,17-18H2,1-4H3,(H,28,34)(H,29,33). The van der Waals surface area contributed by atoms with Gasteiger partial charge in [-0.1, -0.05) is 69.6 Å². The summed E-state index contributed by atoms with van der Waals surface area (Å²) in [6.45, 7) is 8.97. The zero-order valence-corrected chi connectivity index (χ0v) is 20.9. The summed E-state index contributed by atoms with van der Waals surface area (Å²) >= 11 is 6.04. The van der Waals surface area contributed by atoms with Gasteiger partial charge in [-0.05, 0) is 36.2 Å². The summed E-state index contributed by atoms with van der Waals surface area (Å²) in [5.74, 6) is 0.247. The first-order chi connectivity index (χ1) is 16.2. The highest BCUT2D eigenvalue weighted by Gasteiger charge is 2.23. The Morgan fingerprint density at radius 3 is 2.35 bits per heavy atom. The van der Waals surface area contributed by atoms with Crippen molar-refractivity contribution in [1.29, 1.82) is 0 Å². The molecule has 1 aromatic heterocycles. The number of hydrogen-bond donors (Lipinski definition) is 2. The molecule has 2 N–H and O–H groups in total. The van der Waals surface area contributed by atoms with Crippen LogP contribution in [-0.4, -0.2) is 39.7 Å². The van der Waals surface area contributed by atoms with Crippen LogP contribution in [0.4, 0.5) is 10.6 Å². The lowest BCUT2D eigenvalue weighted by Crippen LogP contribution is -2.44. The van der Waals surface area contributed by atoms with Gasteiger partial charge in [0.25, 0.3) is 0 Å². The summed E-state index contributed by atoms with van der Waals surface area (Å²) in [7, 11) is 0. The molecule has 0 saturated carbocycles. The van der Waals surface area contributed by atoms with Gasteiger partial charge in [0.2, 0.25) is 5.91 Å². The molecule has 0 saturated heterocycles. The van der Waals surface area contributed by atoms with Crippen molar-refractivity contribution in [3.8, 4) is 5.69 Å². The van der Waals surface area contributed by atoms with Crippen LogP contribution in [0.2, 0.25) is 5.02 Å². The Hall–Kier alpha value is -3.32. The summed E-state index contributed by atoms with van der Waals surface area (Å²) in [5, 5.41) is 11.2. The number of amides is 3. The molecule has 0 spiro atoms. The van der Waals surface area contributed by atoms with Gasteiger partial charge in [-0.3, -0.25) is 4.79 Å². The van der Waals surface area contributed by atoms with Crippen LogP contribution in [0.5, 0.6) is 0 Å². The smallest absolute Gasteiger partial charge is 0.318 e. The van der Waals surface area contributed by atoms with E-state index in [0.29, 0.717) is 23.9 Å². The molecule has 2 aromatic carbocycles. The Kier molecular flexibility index (Phi) is 8.34. The highest BCUT2D eigenvalue weighted by Crippen LogP contribution is 2.26. The fourth-order valence-electron chi connectivity index (χ4n) is 3.38. The van der Waals surface area contributed by atoms with E-state index in [-0.39, 0.29) is 23.9 Å². The summed E-state index contributed by atoms with van der Waals surface area (Å²) in [4.78, 5) is 27.3. The fourth-order valence-corrected chi connectivity index (χ4v) is 3.51. The van der Waals surface area contributed by atoms with E-state index in [1.807, 2.05) is 55.5 Å². The van der Waals surface area contributed by atoms with E-state index >= 15 is 0 Å². The van der Waals surface area contributed by atoms with E-state index in [0.717, 1.165) is 23.4 Å². The molecule has 0 aliphatic rings. The van der Waals surface area contributed by atoms with Crippen molar-refractivity contribution in [2.45, 2.75) is 46.1 Å². The first-order valence-electron chi connectivity index (χ1n) is 11.4. The first kappa shape index (κ1) is 25.3. The molecule has 3 aromatic rings. The second kappa shape index (κ2) is 11.2. The van der Waals surface area contributed by atoms with E-state index in [2.05, 4.69) is 31.4 Å². The van der Waals surface area contributed by atoms with Crippen molar-refractivity contribution in [2.24, 2.45) is 0 Å². The molecule has 3 rings (SSSR count). The van der Waals surface area contributed by atoms with Gasteiger partial charge in [-0.15, -0.1) is 0 Å². The van der Waals surface area contributed by atoms with Gasteiger partial charge in [0.1, 0.15) is 12.4 Å². The van der Waals surface area contributed by atoms with Crippen LogP contribution < -0.4 is 10.6 Å². The van der Waals surface area contributed by atoms with Gasteiger partial charge in [0.05, 0.1) is 11.4 Å². The lowest BCUT2D eigenvalue weighted by molar-refractivity contribution is -0.116. The van der Waals surface area contributed by atoms with E-state index < -0.39 is 0 Å². The minimum Gasteiger partial charge on any atom is -0.334 e. The Morgan fingerprint density at radius 1 is 1.06 bits per heavy atom. The minimum absolute atomic E-state index is 0.0644. The number of halogens is 1. The van der Waals surface area contributed by atoms with Crippen molar-refractivity contribution in [2.75, 3.05) is 18.4 Å². The molecule has 0 atom stereocenters. The van der Waals surface area contributed by atoms with Gasteiger partial charge in [0.15, 0.2) is 0 Å². The van der Waals surface area contributed by atoms with Crippen molar-refractivity contribution >= 4 is 29.4 Å². The third-order valence-electron chi connectivity index (χ3n) is 5.22. The Morgan fingerprint density at radius 2 is 1.74 bits per heavy atom. The maximum Gasteiger partial charge on any atom is 0.318 e. The second-order valence-electron chi connectivity index (χ2n) is 9.17. The molecule has 1 heterocycles. The van der Waals surface area contributed by atoms with E-state index in [9.17, 15) is 9.59 Å². The number of anilines is 1. The molecule has 180 valence electrons. The minimum atomic E-state index is -0.293. The van der Waals surface area contributed by atoms with Gasteiger partial charge < -0.3 is 15.5 Å². The largest absolute Gasteiger partial charge is 0.334 e. The maximum absolute atomic E-state index is 13.0. The molecule has 0 aliphatic heterocycles. The fraction of sp³-hybridized carbons (Fsp3) is 0.346. The Labute approximate surface area is 206 Å². The normalized spacial score (nSPS) is 11.2. The lowest BCUT2D eigenvalue weighted by atomic mass is 9.92. The van der Waals surface area contributed by atoms with E-state index in [4.69, 9.17) is 16.7 Å². The first-order valence-corrected chi connectivity index (χ1v) is 11.8. The monoisotopic (exact) mass is 481 g/mol. The summed E-state index contributed by atoms with van der Waals surface area (Å²) in [6.07, 6.45) is 0.739. The van der Waals surface area contributed by atoms with Crippen molar-refractivity contribution < 1.29 is 9.59 Å². The summed E-state index contributed by atoms with van der Waals surface area (Å²) in [5.41, 5.74) is 2.41. The van der Waals surface area contributed by atoms with Crippen LogP contribution in [-0.2, 0) is 16.8 Å². The van der Waals surface area contributed by atoms with Crippen molar-refractivity contribution in [1.82, 2.24) is 20.0 Å². The maximum atomic E-state index is 13.0. The average Bonchev–Trinajstić information content (AvgIpc) is 3.22. The lowest BCUT2D eigenvalue weighted by Gasteiger charge is -2.22. The van der Waals surface area contributed by atoms with Gasteiger partial charge >= 0.3 is 6.03 Å². The zero-order valence-electron chi connectivity index (χ0n) is 20.1. The number of benzene rings is 2. The topological polar surface area (TPSA) is 79.3 Å². The van der Waals surface area contributed by atoms with Crippen LogP contribution >= 0.6 is 11.6 Å². The molecule has 0 bridgehead atoms. The predicted molar refractivity (Wildman–Crippen MR) is 136 cm³/mol. The highest BCUT2D eigenvalue weighted by atomic mass is 35.5.